The summed E-state index contributed by atoms with van der Waals surface area (Å²) >= 11 is 1.12. The summed E-state index contributed by atoms with van der Waals surface area (Å²) in [6.07, 6.45) is -0.920. The highest BCUT2D eigenvalue weighted by Crippen LogP contribution is 2.48. The highest BCUT2D eigenvalue weighted by Gasteiger charge is 2.28. The molecule has 0 spiro atoms. The third-order valence-electron chi connectivity index (χ3n) is 7.45. The SMILES string of the molecule is CCOC(=O)Oc1c(-c2ccc(OC)cc2OCC(=O)O)c2cc(OC)c(OCc3ccccc3)cc2n1Cc1ccc2nsnc2c1. The second-order valence-electron chi connectivity index (χ2n) is 10.5. The monoisotopic (exact) mass is 669 g/mol. The molecule has 0 unspecified atom stereocenters. The maximum atomic E-state index is 13.0. The van der Waals surface area contributed by atoms with Gasteiger partial charge in [0.2, 0.25) is 5.88 Å². The van der Waals surface area contributed by atoms with Crippen LogP contribution >= 0.6 is 11.7 Å². The van der Waals surface area contributed by atoms with Gasteiger partial charge in [-0.15, -0.1) is 0 Å². The van der Waals surface area contributed by atoms with Gasteiger partial charge in [0.1, 0.15) is 29.1 Å². The van der Waals surface area contributed by atoms with E-state index in [1.807, 2.05) is 59.2 Å². The Morgan fingerprint density at radius 2 is 1.65 bits per heavy atom. The van der Waals surface area contributed by atoms with Crippen molar-refractivity contribution >= 4 is 45.8 Å². The number of aromatic nitrogens is 3. The van der Waals surface area contributed by atoms with E-state index in [0.29, 0.717) is 39.3 Å². The summed E-state index contributed by atoms with van der Waals surface area (Å²) in [5, 5.41) is 10.1. The number of methoxy groups -OCH3 is 2. The Labute approximate surface area is 279 Å². The molecule has 12 nitrogen and oxygen atoms in total. The van der Waals surface area contributed by atoms with Crippen LogP contribution in [0.5, 0.6) is 28.9 Å². The van der Waals surface area contributed by atoms with Gasteiger partial charge in [-0.1, -0.05) is 36.4 Å². The number of benzene rings is 4. The molecule has 0 bridgehead atoms. The number of carbonyl (C=O) groups is 2. The molecule has 0 fully saturated rings. The van der Waals surface area contributed by atoms with E-state index in [1.165, 1.54) is 14.2 Å². The number of carbonyl (C=O) groups excluding carboxylic acids is 1. The van der Waals surface area contributed by atoms with Crippen molar-refractivity contribution in [1.29, 1.82) is 0 Å². The molecule has 0 amide bonds. The van der Waals surface area contributed by atoms with E-state index in [2.05, 4.69) is 8.75 Å². The Morgan fingerprint density at radius 3 is 2.40 bits per heavy atom. The van der Waals surface area contributed by atoms with Crippen molar-refractivity contribution in [1.82, 2.24) is 13.3 Å². The van der Waals surface area contributed by atoms with Gasteiger partial charge >= 0.3 is 12.1 Å². The molecule has 0 aliphatic heterocycles. The third-order valence-corrected chi connectivity index (χ3v) is 8.01. The molecule has 246 valence electrons. The molecule has 2 aromatic heterocycles. The molecule has 0 radical (unpaired) electrons. The number of fused-ring (bicyclic) bond motifs is 2. The Morgan fingerprint density at radius 1 is 0.833 bits per heavy atom. The van der Waals surface area contributed by atoms with Crippen LogP contribution in [0, 0.1) is 0 Å². The van der Waals surface area contributed by atoms with Crippen LogP contribution in [0.25, 0.3) is 33.1 Å². The molecule has 4 aromatic carbocycles. The molecule has 48 heavy (non-hydrogen) atoms. The van der Waals surface area contributed by atoms with Crippen molar-refractivity contribution in [2.75, 3.05) is 27.4 Å². The van der Waals surface area contributed by atoms with E-state index in [0.717, 1.165) is 33.9 Å². The number of carboxylic acid groups (broad SMARTS) is 1. The Hall–Kier alpha value is -5.82. The minimum atomic E-state index is -1.16. The summed E-state index contributed by atoms with van der Waals surface area (Å²) < 4.78 is 44.9. The molecule has 6 rings (SSSR count). The van der Waals surface area contributed by atoms with Gasteiger partial charge in [0.25, 0.3) is 0 Å². The van der Waals surface area contributed by atoms with Crippen LogP contribution < -0.4 is 23.7 Å². The fourth-order valence-electron chi connectivity index (χ4n) is 5.29. The van der Waals surface area contributed by atoms with Crippen LogP contribution in [0.2, 0.25) is 0 Å². The standard InChI is InChI=1S/C35H31N3O9S/c1-4-44-35(41)47-34-33(24-12-11-23(42-2)15-29(24)46-20-32(39)40)25-16-30(43-3)31(45-19-21-8-6-5-7-9-21)17-28(25)38(34)18-22-10-13-26-27(14-22)37-48-36-26/h5-17H,4,18-20H2,1-3H3,(H,39,40). The lowest BCUT2D eigenvalue weighted by Gasteiger charge is -2.15. The molecule has 0 saturated heterocycles. The first-order valence-corrected chi connectivity index (χ1v) is 15.6. The normalized spacial score (nSPS) is 11.0. The van der Waals surface area contributed by atoms with E-state index in [-0.39, 0.29) is 31.4 Å². The number of hydrogen-bond donors (Lipinski definition) is 1. The number of carboxylic acids is 1. The molecule has 13 heteroatoms. The summed E-state index contributed by atoms with van der Waals surface area (Å²) in [6, 6.07) is 24.1. The summed E-state index contributed by atoms with van der Waals surface area (Å²) in [4.78, 5) is 24.6. The lowest BCUT2D eigenvalue weighted by atomic mass is 10.0. The first-order chi connectivity index (χ1) is 23.4. The number of nitrogens with zero attached hydrogens (tertiary/aromatic N) is 3. The van der Waals surface area contributed by atoms with Crippen molar-refractivity contribution < 1.29 is 43.1 Å². The van der Waals surface area contributed by atoms with Gasteiger partial charge in [0.15, 0.2) is 18.1 Å². The molecule has 1 N–H and O–H groups in total. The number of ether oxygens (including phenoxy) is 6. The van der Waals surface area contributed by atoms with Crippen LogP contribution in [0.3, 0.4) is 0 Å². The topological polar surface area (TPSA) is 140 Å². The first-order valence-electron chi connectivity index (χ1n) is 14.9. The van der Waals surface area contributed by atoms with Gasteiger partial charge in [0.05, 0.1) is 50.2 Å². The molecule has 6 aromatic rings. The zero-order chi connectivity index (χ0) is 33.6. The van der Waals surface area contributed by atoms with E-state index >= 15 is 0 Å². The average Bonchev–Trinajstić information content (AvgIpc) is 3.68. The summed E-state index contributed by atoms with van der Waals surface area (Å²) in [6.45, 7) is 1.67. The maximum absolute atomic E-state index is 13.0. The van der Waals surface area contributed by atoms with E-state index < -0.39 is 18.7 Å². The van der Waals surface area contributed by atoms with Crippen molar-refractivity contribution in [3.05, 3.63) is 90.0 Å². The molecule has 2 heterocycles. The fourth-order valence-corrected chi connectivity index (χ4v) is 5.81. The zero-order valence-corrected chi connectivity index (χ0v) is 27.1. The predicted octanol–water partition coefficient (Wildman–Crippen LogP) is 6.96. The quantitative estimate of drug-likeness (QED) is 0.128. The molecular weight excluding hydrogens is 638 g/mol. The number of hydrogen-bond acceptors (Lipinski definition) is 11. The van der Waals surface area contributed by atoms with Crippen LogP contribution in [0.4, 0.5) is 4.79 Å². The van der Waals surface area contributed by atoms with Crippen molar-refractivity contribution in [3.63, 3.8) is 0 Å². The van der Waals surface area contributed by atoms with Gasteiger partial charge in [-0.3, -0.25) is 0 Å². The van der Waals surface area contributed by atoms with E-state index in [9.17, 15) is 14.7 Å². The fraction of sp³-hybridized carbons (Fsp3) is 0.200. The Balaban J connectivity index is 1.60. The van der Waals surface area contributed by atoms with E-state index in [4.69, 9.17) is 28.4 Å². The van der Waals surface area contributed by atoms with Crippen LogP contribution in [-0.2, 0) is 22.7 Å². The van der Waals surface area contributed by atoms with E-state index in [1.54, 1.807) is 31.2 Å². The van der Waals surface area contributed by atoms with Crippen molar-refractivity contribution in [2.24, 2.45) is 0 Å². The zero-order valence-electron chi connectivity index (χ0n) is 26.3. The molecular formula is C35H31N3O9S. The second kappa shape index (κ2) is 14.3. The lowest BCUT2D eigenvalue weighted by Crippen LogP contribution is -2.14. The van der Waals surface area contributed by atoms with Crippen LogP contribution in [0.15, 0.2) is 78.9 Å². The molecule has 0 aliphatic carbocycles. The summed E-state index contributed by atoms with van der Waals surface area (Å²) in [5.41, 5.74) is 4.83. The largest absolute Gasteiger partial charge is 0.515 e. The van der Waals surface area contributed by atoms with Crippen molar-refractivity contribution in [3.8, 4) is 40.0 Å². The molecule has 0 aliphatic rings. The first kappa shape index (κ1) is 32.1. The van der Waals surface area contributed by atoms with Crippen LogP contribution in [-0.4, -0.2) is 58.0 Å². The minimum absolute atomic E-state index is 0.0860. The predicted molar refractivity (Wildman–Crippen MR) is 179 cm³/mol. The highest BCUT2D eigenvalue weighted by molar-refractivity contribution is 7.00. The molecule has 0 atom stereocenters. The third kappa shape index (κ3) is 6.81. The Bertz CT molecular complexity index is 2090. The van der Waals surface area contributed by atoms with Gasteiger partial charge in [-0.05, 0) is 48.4 Å². The summed E-state index contributed by atoms with van der Waals surface area (Å²) in [5.74, 6) is 0.488. The summed E-state index contributed by atoms with van der Waals surface area (Å²) in [7, 11) is 3.03. The van der Waals surface area contributed by atoms with Crippen LogP contribution in [0.1, 0.15) is 18.1 Å². The second-order valence-corrected chi connectivity index (χ2v) is 11.0. The van der Waals surface area contributed by atoms with Gasteiger partial charge < -0.3 is 38.1 Å². The van der Waals surface area contributed by atoms with Gasteiger partial charge in [0, 0.05) is 23.1 Å². The number of rotatable bonds is 13. The van der Waals surface area contributed by atoms with Gasteiger partial charge in [-0.2, -0.15) is 8.75 Å². The van der Waals surface area contributed by atoms with Crippen molar-refractivity contribution in [2.45, 2.75) is 20.1 Å². The highest BCUT2D eigenvalue weighted by atomic mass is 32.1. The average molecular weight is 670 g/mol. The maximum Gasteiger partial charge on any atom is 0.515 e. The lowest BCUT2D eigenvalue weighted by molar-refractivity contribution is -0.139. The molecule has 0 saturated carbocycles. The minimum Gasteiger partial charge on any atom is -0.497 e. The van der Waals surface area contributed by atoms with Gasteiger partial charge in [-0.25, -0.2) is 9.59 Å². The smallest absolute Gasteiger partial charge is 0.497 e. The number of aliphatic carboxylic acids is 1. The Kier molecular flexibility index (Phi) is 9.57.